The third kappa shape index (κ3) is 3.01. The van der Waals surface area contributed by atoms with E-state index in [2.05, 4.69) is 4.90 Å². The second-order valence-electron chi connectivity index (χ2n) is 4.88. The van der Waals surface area contributed by atoms with Crippen molar-refractivity contribution < 1.29 is 10.0 Å². The van der Waals surface area contributed by atoms with E-state index in [1.165, 1.54) is 6.07 Å². The van der Waals surface area contributed by atoms with Crippen molar-refractivity contribution in [2.45, 2.75) is 25.5 Å². The number of β-amino-alcohol motifs (C(OH)–C–C–N with tert-alkyl or cyclic N) is 1. The quantitative estimate of drug-likeness (QED) is 0.638. The third-order valence-electron chi connectivity index (χ3n) is 3.06. The van der Waals surface area contributed by atoms with Gasteiger partial charge in [0.05, 0.1) is 10.5 Å². The fourth-order valence-electron chi connectivity index (χ4n) is 2.20. The number of benzene rings is 1. The fourth-order valence-corrected chi connectivity index (χ4v) is 2.20. The smallest absolute Gasteiger partial charge is 0.269 e. The highest BCUT2D eigenvalue weighted by atomic mass is 16.6. The van der Waals surface area contributed by atoms with Crippen molar-refractivity contribution in [3.05, 3.63) is 39.9 Å². The van der Waals surface area contributed by atoms with E-state index in [1.807, 2.05) is 13.0 Å². The normalized spacial score (nSPS) is 25.1. The first-order valence-electron chi connectivity index (χ1n) is 5.64. The van der Waals surface area contributed by atoms with Crippen LogP contribution in [-0.4, -0.2) is 33.6 Å². The fraction of sp³-hybridized carbons (Fsp3) is 0.500. The molecule has 1 aliphatic rings. The standard InChI is InChI=1S/C12H16N2O3/c1-12(15)5-6-13(9-12)8-10-3-2-4-11(7-10)14(16)17/h2-4,7,15H,5-6,8-9H2,1H3. The van der Waals surface area contributed by atoms with E-state index in [0.717, 1.165) is 18.5 Å². The molecule has 1 heterocycles. The molecule has 1 fully saturated rings. The highest BCUT2D eigenvalue weighted by Gasteiger charge is 2.31. The number of likely N-dealkylation sites (tertiary alicyclic amines) is 1. The number of nitro benzene ring substituents is 1. The molecule has 17 heavy (non-hydrogen) atoms. The monoisotopic (exact) mass is 236 g/mol. The number of aliphatic hydroxyl groups is 1. The van der Waals surface area contributed by atoms with E-state index in [9.17, 15) is 15.2 Å². The molecule has 5 heteroatoms. The van der Waals surface area contributed by atoms with Gasteiger partial charge < -0.3 is 5.11 Å². The van der Waals surface area contributed by atoms with Crippen molar-refractivity contribution in [2.24, 2.45) is 0 Å². The molecule has 1 aromatic carbocycles. The van der Waals surface area contributed by atoms with Gasteiger partial charge in [0.2, 0.25) is 0 Å². The first kappa shape index (κ1) is 12.0. The molecule has 0 bridgehead atoms. The van der Waals surface area contributed by atoms with Gasteiger partial charge in [0, 0.05) is 31.8 Å². The Morgan fingerprint density at radius 1 is 1.59 bits per heavy atom. The Morgan fingerprint density at radius 2 is 2.35 bits per heavy atom. The minimum atomic E-state index is -0.624. The third-order valence-corrected chi connectivity index (χ3v) is 3.06. The highest BCUT2D eigenvalue weighted by Crippen LogP contribution is 2.23. The van der Waals surface area contributed by atoms with Crippen LogP contribution >= 0.6 is 0 Å². The molecule has 0 amide bonds. The number of hydrogen-bond acceptors (Lipinski definition) is 4. The van der Waals surface area contributed by atoms with Crippen molar-refractivity contribution >= 4 is 5.69 Å². The van der Waals surface area contributed by atoms with Crippen LogP contribution in [0, 0.1) is 10.1 Å². The number of hydrogen-bond donors (Lipinski definition) is 1. The molecule has 0 radical (unpaired) electrons. The van der Waals surface area contributed by atoms with E-state index < -0.39 is 5.60 Å². The van der Waals surface area contributed by atoms with Crippen LogP contribution in [0.1, 0.15) is 18.9 Å². The summed E-state index contributed by atoms with van der Waals surface area (Å²) >= 11 is 0. The van der Waals surface area contributed by atoms with Crippen LogP contribution in [0.2, 0.25) is 0 Å². The maximum Gasteiger partial charge on any atom is 0.269 e. The average molecular weight is 236 g/mol. The maximum atomic E-state index is 10.6. The molecule has 92 valence electrons. The predicted octanol–water partition coefficient (Wildman–Crippen LogP) is 1.55. The van der Waals surface area contributed by atoms with Gasteiger partial charge in [-0.2, -0.15) is 0 Å². The molecular formula is C12H16N2O3. The lowest BCUT2D eigenvalue weighted by atomic mass is 10.1. The zero-order valence-corrected chi connectivity index (χ0v) is 9.80. The summed E-state index contributed by atoms with van der Waals surface area (Å²) in [6.45, 7) is 3.92. The van der Waals surface area contributed by atoms with E-state index in [-0.39, 0.29) is 10.6 Å². The summed E-state index contributed by atoms with van der Waals surface area (Å²) in [5.41, 5.74) is 0.408. The lowest BCUT2D eigenvalue weighted by Crippen LogP contribution is -2.29. The van der Waals surface area contributed by atoms with Gasteiger partial charge >= 0.3 is 0 Å². The Bertz CT molecular complexity index is 432. The number of rotatable bonds is 3. The molecule has 0 saturated carbocycles. The Labute approximate surface area is 99.8 Å². The SMILES string of the molecule is CC1(O)CCN(Cc2cccc([N+](=O)[O-])c2)C1. The van der Waals surface area contributed by atoms with Crippen molar-refractivity contribution in [3.8, 4) is 0 Å². The molecule has 0 spiro atoms. The molecule has 1 atom stereocenters. The van der Waals surface area contributed by atoms with Crippen LogP contribution in [0.5, 0.6) is 0 Å². The van der Waals surface area contributed by atoms with Crippen LogP contribution in [-0.2, 0) is 6.54 Å². The highest BCUT2D eigenvalue weighted by molar-refractivity contribution is 5.34. The summed E-state index contributed by atoms with van der Waals surface area (Å²) in [5, 5.41) is 20.5. The number of non-ortho nitro benzene ring substituents is 1. The lowest BCUT2D eigenvalue weighted by Gasteiger charge is -2.18. The zero-order chi connectivity index (χ0) is 12.5. The van der Waals surface area contributed by atoms with E-state index >= 15 is 0 Å². The van der Waals surface area contributed by atoms with Gasteiger partial charge in [0.25, 0.3) is 5.69 Å². The van der Waals surface area contributed by atoms with Crippen molar-refractivity contribution in [3.63, 3.8) is 0 Å². The second-order valence-corrected chi connectivity index (χ2v) is 4.88. The van der Waals surface area contributed by atoms with Gasteiger partial charge in [-0.05, 0) is 18.9 Å². The van der Waals surface area contributed by atoms with Crippen LogP contribution in [0.25, 0.3) is 0 Å². The lowest BCUT2D eigenvalue weighted by molar-refractivity contribution is -0.384. The first-order chi connectivity index (χ1) is 7.96. The van der Waals surface area contributed by atoms with Gasteiger partial charge in [0.15, 0.2) is 0 Å². The Hall–Kier alpha value is -1.46. The van der Waals surface area contributed by atoms with Crippen molar-refractivity contribution in [1.29, 1.82) is 0 Å². The maximum absolute atomic E-state index is 10.6. The zero-order valence-electron chi connectivity index (χ0n) is 9.80. The van der Waals surface area contributed by atoms with Crippen LogP contribution in [0.3, 0.4) is 0 Å². The Kier molecular flexibility index (Phi) is 3.13. The van der Waals surface area contributed by atoms with Crippen LogP contribution < -0.4 is 0 Å². The summed E-state index contributed by atoms with van der Waals surface area (Å²) in [7, 11) is 0. The minimum absolute atomic E-state index is 0.119. The van der Waals surface area contributed by atoms with E-state index in [1.54, 1.807) is 12.1 Å². The van der Waals surface area contributed by atoms with Crippen molar-refractivity contribution in [2.75, 3.05) is 13.1 Å². The van der Waals surface area contributed by atoms with Gasteiger partial charge in [-0.15, -0.1) is 0 Å². The molecule has 1 saturated heterocycles. The molecule has 1 aliphatic heterocycles. The molecule has 2 rings (SSSR count). The first-order valence-corrected chi connectivity index (χ1v) is 5.64. The summed E-state index contributed by atoms with van der Waals surface area (Å²) in [4.78, 5) is 12.4. The van der Waals surface area contributed by atoms with Crippen molar-refractivity contribution in [1.82, 2.24) is 4.90 Å². The van der Waals surface area contributed by atoms with Crippen LogP contribution in [0.4, 0.5) is 5.69 Å². The molecule has 1 unspecified atom stereocenters. The average Bonchev–Trinajstić information content (AvgIpc) is 2.58. The predicted molar refractivity (Wildman–Crippen MR) is 63.6 cm³/mol. The summed E-state index contributed by atoms with van der Waals surface area (Å²) < 4.78 is 0. The summed E-state index contributed by atoms with van der Waals surface area (Å²) in [6, 6.07) is 6.65. The number of nitro groups is 1. The number of nitrogens with zero attached hydrogens (tertiary/aromatic N) is 2. The topological polar surface area (TPSA) is 66.6 Å². The molecule has 1 N–H and O–H groups in total. The van der Waals surface area contributed by atoms with Gasteiger partial charge in [-0.3, -0.25) is 15.0 Å². The Balaban J connectivity index is 2.04. The molecule has 0 aliphatic carbocycles. The van der Waals surface area contributed by atoms with Crippen LogP contribution in [0.15, 0.2) is 24.3 Å². The molecule has 5 nitrogen and oxygen atoms in total. The van der Waals surface area contributed by atoms with E-state index in [4.69, 9.17) is 0 Å². The molecule has 1 aromatic rings. The summed E-state index contributed by atoms with van der Waals surface area (Å²) in [6.07, 6.45) is 0.752. The largest absolute Gasteiger partial charge is 0.389 e. The van der Waals surface area contributed by atoms with E-state index in [0.29, 0.717) is 13.1 Å². The Morgan fingerprint density at radius 3 is 2.94 bits per heavy atom. The van der Waals surface area contributed by atoms with Gasteiger partial charge in [-0.25, -0.2) is 0 Å². The summed E-state index contributed by atoms with van der Waals surface area (Å²) in [5.74, 6) is 0. The second kappa shape index (κ2) is 4.43. The minimum Gasteiger partial charge on any atom is -0.389 e. The molecular weight excluding hydrogens is 220 g/mol. The van der Waals surface area contributed by atoms with Gasteiger partial charge in [0.1, 0.15) is 0 Å². The molecule has 0 aromatic heterocycles. The van der Waals surface area contributed by atoms with Gasteiger partial charge in [-0.1, -0.05) is 12.1 Å².